The fourth-order valence-corrected chi connectivity index (χ4v) is 2.76. The average Bonchev–Trinajstić information content (AvgIpc) is 2.60. The molecule has 122 valence electrons. The topological polar surface area (TPSA) is 77.2 Å². The van der Waals surface area contributed by atoms with Gasteiger partial charge in [-0.3, -0.25) is 19.5 Å². The van der Waals surface area contributed by atoms with Crippen molar-refractivity contribution in [3.8, 4) is 5.69 Å². The van der Waals surface area contributed by atoms with E-state index in [-0.39, 0.29) is 5.69 Å². The Hall–Kier alpha value is -3.15. The molecule has 3 aromatic rings. The molecule has 1 aromatic heterocycles. The predicted octanol–water partition coefficient (Wildman–Crippen LogP) is 3.72. The molecule has 24 heavy (non-hydrogen) atoms. The third-order valence-corrected chi connectivity index (χ3v) is 3.81. The van der Waals surface area contributed by atoms with Crippen LogP contribution in [-0.2, 0) is 0 Å². The van der Waals surface area contributed by atoms with Crippen molar-refractivity contribution < 1.29 is 4.92 Å². The molecule has 0 saturated heterocycles. The van der Waals surface area contributed by atoms with Gasteiger partial charge < -0.3 is 5.32 Å². The summed E-state index contributed by atoms with van der Waals surface area (Å²) in [5.74, 6) is 0. The summed E-state index contributed by atoms with van der Waals surface area (Å²) in [4.78, 5) is 23.9. The molecule has 0 fully saturated rings. The average molecular weight is 323 g/mol. The van der Waals surface area contributed by atoms with Crippen LogP contribution in [0, 0.1) is 10.1 Å². The lowest BCUT2D eigenvalue weighted by Crippen LogP contribution is -2.23. The van der Waals surface area contributed by atoms with Gasteiger partial charge in [0.2, 0.25) is 0 Å². The number of anilines is 1. The fourth-order valence-electron chi connectivity index (χ4n) is 2.76. The summed E-state index contributed by atoms with van der Waals surface area (Å²) in [7, 11) is 0. The van der Waals surface area contributed by atoms with E-state index in [9.17, 15) is 14.9 Å². The summed E-state index contributed by atoms with van der Waals surface area (Å²) in [6.07, 6.45) is 0.799. The van der Waals surface area contributed by atoms with Gasteiger partial charge in [-0.15, -0.1) is 0 Å². The van der Waals surface area contributed by atoms with Crippen LogP contribution in [0.3, 0.4) is 0 Å². The Kier molecular flexibility index (Phi) is 4.29. The van der Waals surface area contributed by atoms with Crippen molar-refractivity contribution in [3.63, 3.8) is 0 Å². The van der Waals surface area contributed by atoms with Crippen molar-refractivity contribution in [3.05, 3.63) is 75.1 Å². The zero-order valence-electron chi connectivity index (χ0n) is 13.2. The molecule has 1 heterocycles. The molecule has 0 aliphatic heterocycles. The van der Waals surface area contributed by atoms with E-state index >= 15 is 0 Å². The van der Waals surface area contributed by atoms with Crippen molar-refractivity contribution in [1.82, 2.24) is 4.57 Å². The minimum atomic E-state index is -0.636. The Morgan fingerprint density at radius 1 is 1.08 bits per heavy atom. The van der Waals surface area contributed by atoms with Crippen molar-refractivity contribution >= 4 is 22.3 Å². The molecule has 6 nitrogen and oxygen atoms in total. The second-order valence-corrected chi connectivity index (χ2v) is 5.40. The van der Waals surface area contributed by atoms with Gasteiger partial charge in [-0.2, -0.15) is 0 Å². The van der Waals surface area contributed by atoms with Crippen molar-refractivity contribution in [2.45, 2.75) is 13.3 Å². The number of pyridine rings is 1. The zero-order valence-corrected chi connectivity index (χ0v) is 13.2. The Morgan fingerprint density at radius 2 is 1.75 bits per heavy atom. The highest BCUT2D eigenvalue weighted by Gasteiger charge is 2.25. The smallest absolute Gasteiger partial charge is 0.357 e. The number of nitrogens with zero attached hydrogens (tertiary/aromatic N) is 2. The quantitative estimate of drug-likeness (QED) is 0.573. The van der Waals surface area contributed by atoms with Crippen LogP contribution in [0.4, 0.5) is 11.4 Å². The lowest BCUT2D eigenvalue weighted by molar-refractivity contribution is -0.385. The number of fused-ring (bicyclic) bond motifs is 1. The van der Waals surface area contributed by atoms with Gasteiger partial charge in [0.05, 0.1) is 10.4 Å². The van der Waals surface area contributed by atoms with Gasteiger partial charge >= 0.3 is 11.2 Å². The summed E-state index contributed by atoms with van der Waals surface area (Å²) in [5.41, 5.74) is 0.464. The molecule has 2 aromatic carbocycles. The molecule has 0 radical (unpaired) electrons. The molecule has 0 spiro atoms. The molecular formula is C18H17N3O3. The van der Waals surface area contributed by atoms with E-state index in [2.05, 4.69) is 5.32 Å². The third kappa shape index (κ3) is 2.62. The van der Waals surface area contributed by atoms with E-state index < -0.39 is 16.2 Å². The Bertz CT molecular complexity index is 949. The molecule has 6 heteroatoms. The normalized spacial score (nSPS) is 10.7. The number of hydrogen-bond donors (Lipinski definition) is 1. The molecule has 1 N–H and O–H groups in total. The van der Waals surface area contributed by atoms with Crippen molar-refractivity contribution in [2.24, 2.45) is 0 Å². The fraction of sp³-hybridized carbons (Fsp3) is 0.167. The summed E-state index contributed by atoms with van der Waals surface area (Å²) in [6.45, 7) is 2.52. The van der Waals surface area contributed by atoms with E-state index in [0.29, 0.717) is 23.1 Å². The van der Waals surface area contributed by atoms with Crippen molar-refractivity contribution in [2.75, 3.05) is 11.9 Å². The summed E-state index contributed by atoms with van der Waals surface area (Å²) in [5, 5.41) is 15.3. The van der Waals surface area contributed by atoms with Gasteiger partial charge in [0.1, 0.15) is 5.69 Å². The standard InChI is InChI=1S/C18H17N3O3/c1-2-12-19-16-14-10-6-7-11-15(14)20(13-8-4-3-5-9-13)18(22)17(16)21(23)24/h3-11,19H,2,12H2,1H3. The van der Waals surface area contributed by atoms with Crippen LogP contribution in [0.15, 0.2) is 59.4 Å². The van der Waals surface area contributed by atoms with E-state index in [1.807, 2.05) is 25.1 Å². The van der Waals surface area contributed by atoms with E-state index in [0.717, 1.165) is 6.42 Å². The molecule has 0 unspecified atom stereocenters. The van der Waals surface area contributed by atoms with E-state index in [1.54, 1.807) is 36.4 Å². The maximum Gasteiger partial charge on any atom is 0.357 e. The van der Waals surface area contributed by atoms with Crippen LogP contribution in [0.1, 0.15) is 13.3 Å². The van der Waals surface area contributed by atoms with Gasteiger partial charge in [-0.25, -0.2) is 0 Å². The Labute approximate surface area is 138 Å². The first kappa shape index (κ1) is 15.7. The van der Waals surface area contributed by atoms with Gasteiger partial charge in [0, 0.05) is 17.6 Å². The Morgan fingerprint density at radius 3 is 2.42 bits per heavy atom. The van der Waals surface area contributed by atoms with Crippen molar-refractivity contribution in [1.29, 1.82) is 0 Å². The predicted molar refractivity (Wildman–Crippen MR) is 95.0 cm³/mol. The van der Waals surface area contributed by atoms with Gasteiger partial charge in [0.25, 0.3) is 0 Å². The first-order valence-corrected chi connectivity index (χ1v) is 7.76. The van der Waals surface area contributed by atoms with Crippen LogP contribution in [-0.4, -0.2) is 16.0 Å². The highest BCUT2D eigenvalue weighted by Crippen LogP contribution is 2.31. The molecule has 0 atom stereocenters. The lowest BCUT2D eigenvalue weighted by atomic mass is 10.1. The number of benzene rings is 2. The largest absolute Gasteiger partial charge is 0.379 e. The monoisotopic (exact) mass is 323 g/mol. The molecule has 0 amide bonds. The second-order valence-electron chi connectivity index (χ2n) is 5.40. The van der Waals surface area contributed by atoms with Crippen LogP contribution >= 0.6 is 0 Å². The maximum atomic E-state index is 12.9. The van der Waals surface area contributed by atoms with Gasteiger partial charge in [-0.1, -0.05) is 43.3 Å². The molecule has 0 saturated carbocycles. The molecule has 0 bridgehead atoms. The van der Waals surface area contributed by atoms with Crippen LogP contribution in [0.25, 0.3) is 16.6 Å². The van der Waals surface area contributed by atoms with Crippen LogP contribution < -0.4 is 10.9 Å². The van der Waals surface area contributed by atoms with Crippen LogP contribution in [0.2, 0.25) is 0 Å². The number of nitrogens with one attached hydrogen (secondary N) is 1. The highest BCUT2D eigenvalue weighted by molar-refractivity contribution is 5.97. The number of para-hydroxylation sites is 2. The van der Waals surface area contributed by atoms with E-state index in [1.165, 1.54) is 4.57 Å². The molecular weight excluding hydrogens is 306 g/mol. The third-order valence-electron chi connectivity index (χ3n) is 3.81. The van der Waals surface area contributed by atoms with Gasteiger partial charge in [0.15, 0.2) is 0 Å². The summed E-state index contributed by atoms with van der Waals surface area (Å²) >= 11 is 0. The SMILES string of the molecule is CCCNc1c([N+](=O)[O-])c(=O)n(-c2ccccc2)c2ccccc12. The highest BCUT2D eigenvalue weighted by atomic mass is 16.6. The lowest BCUT2D eigenvalue weighted by Gasteiger charge is -2.15. The minimum absolute atomic E-state index is 0.287. The molecule has 0 aliphatic rings. The van der Waals surface area contributed by atoms with Crippen LogP contribution in [0.5, 0.6) is 0 Å². The molecule has 0 aliphatic carbocycles. The van der Waals surface area contributed by atoms with Gasteiger partial charge in [-0.05, 0) is 24.6 Å². The summed E-state index contributed by atoms with van der Waals surface area (Å²) in [6, 6.07) is 16.2. The maximum absolute atomic E-state index is 12.9. The minimum Gasteiger partial charge on any atom is -0.379 e. The second kappa shape index (κ2) is 6.54. The number of rotatable bonds is 5. The number of aromatic nitrogens is 1. The number of hydrogen-bond acceptors (Lipinski definition) is 4. The first-order chi connectivity index (χ1) is 11.6. The first-order valence-electron chi connectivity index (χ1n) is 7.76. The number of nitro groups is 1. The Balaban J connectivity index is 2.44. The zero-order chi connectivity index (χ0) is 17.1. The van der Waals surface area contributed by atoms with E-state index in [4.69, 9.17) is 0 Å². The summed E-state index contributed by atoms with van der Waals surface area (Å²) < 4.78 is 1.39. The molecule has 3 rings (SSSR count).